The normalized spacial score (nSPS) is 22.9. The second kappa shape index (κ2) is 20.6. The average molecular weight is 758 g/mol. The Morgan fingerprint density at radius 3 is 0.727 bits per heavy atom. The molecule has 20 heteroatoms. The molecule has 0 saturated carbocycles. The fourth-order valence-electron chi connectivity index (χ4n) is 2.77. The molecule has 0 aliphatic carbocycles. The Balaban J connectivity index is -0.0000000945. The Kier molecular flexibility index (Phi) is 27.0. The van der Waals surface area contributed by atoms with Crippen LogP contribution in [-0.4, -0.2) is 80.5 Å². The number of hydrogen-bond acceptors (Lipinski definition) is 8. The molecule has 3 aliphatic heterocycles. The smallest absolute Gasteiger partial charge is 1.00 e. The van der Waals surface area contributed by atoms with Crippen molar-refractivity contribution in [3.63, 3.8) is 0 Å². The summed E-state index contributed by atoms with van der Waals surface area (Å²) in [7, 11) is -0.952. The number of aliphatic hydroxyl groups is 2. The Morgan fingerprint density at radius 1 is 0.500 bits per heavy atom. The minimum Gasteiger partial charge on any atom is -1.00 e. The summed E-state index contributed by atoms with van der Waals surface area (Å²) < 4.78 is 34.5. The maximum atomic E-state index is 9.10. The van der Waals surface area contributed by atoms with Gasteiger partial charge in [-0.2, -0.15) is 34.4 Å². The molecule has 3 aliphatic rings. The molecule has 0 spiro atoms. The standard InChI is InChI=1S/C12H24B2O4.C6H12BClO2.C6H14O2.BCl3.ClH.3Na.2H/c1-9(2)10(3,4)16-13(15-9)14-17-11(5,6)12(7,8)18-14;1-5(2)6(3,4)10-7(8)9-5;1-5(2,7)6(3,4)8;2-1(3)4;;;;;;/h1-8H3;1-4H3;7-8H,1-4H3;;1H;;;;;/q;;;;;3*+1;2*-1/p-1. The minimum absolute atomic E-state index is 0. The van der Waals surface area contributed by atoms with Crippen LogP contribution in [0.5, 0.6) is 0 Å². The zero-order chi connectivity index (χ0) is 32.6. The molecule has 0 radical (unpaired) electrons. The first-order chi connectivity index (χ1) is 17.2. The number of halogens is 5. The van der Waals surface area contributed by atoms with Gasteiger partial charge in [0.15, 0.2) is 0 Å². The molecule has 0 unspecified atom stereocenters. The summed E-state index contributed by atoms with van der Waals surface area (Å²) >= 11 is 20.1. The third-order valence-corrected chi connectivity index (χ3v) is 8.67. The van der Waals surface area contributed by atoms with E-state index in [0.29, 0.717) is 0 Å². The van der Waals surface area contributed by atoms with E-state index in [4.69, 9.17) is 84.0 Å². The SMILES string of the molecule is CC(C)(O)C(C)(C)O.CC1(C)OB(B2OC(C)(C)C(C)(C)O2)OC1(C)C.CC1(C)OB(Cl)OC1(C)C.ClB(Cl)Cl.[Cl-].[H-].[H-].[Na+].[Na+].[Na+]. The molecule has 0 aromatic rings. The molecule has 3 saturated heterocycles. The van der Waals surface area contributed by atoms with Crippen LogP contribution in [-0.2, 0) is 27.9 Å². The topological polar surface area (TPSA) is 95.8 Å². The zero-order valence-electron chi connectivity index (χ0n) is 32.5. The van der Waals surface area contributed by atoms with Gasteiger partial charge in [0.1, 0.15) is 0 Å². The molecule has 44 heavy (non-hydrogen) atoms. The Labute approximate surface area is 364 Å². The monoisotopic (exact) mass is 756 g/mol. The quantitative estimate of drug-likeness (QED) is 0.270. The van der Waals surface area contributed by atoms with E-state index in [1.54, 1.807) is 27.7 Å². The van der Waals surface area contributed by atoms with Crippen molar-refractivity contribution in [3.05, 3.63) is 0 Å². The van der Waals surface area contributed by atoms with Gasteiger partial charge >= 0.3 is 114 Å². The van der Waals surface area contributed by atoms with Crippen molar-refractivity contribution in [2.75, 3.05) is 0 Å². The van der Waals surface area contributed by atoms with Gasteiger partial charge in [-0.3, -0.25) is 0 Å². The van der Waals surface area contributed by atoms with Crippen molar-refractivity contribution >= 4 is 71.4 Å². The number of rotatable bonds is 2. The van der Waals surface area contributed by atoms with E-state index >= 15 is 0 Å². The van der Waals surface area contributed by atoms with Crippen LogP contribution < -0.4 is 101 Å². The van der Waals surface area contributed by atoms with Crippen molar-refractivity contribution < 1.29 is 142 Å². The van der Waals surface area contributed by atoms with Gasteiger partial charge in [-0.05, 0) is 111 Å². The molecule has 2 N–H and O–H groups in total. The summed E-state index contributed by atoms with van der Waals surface area (Å²) in [4.78, 5) is -0.750. The van der Waals surface area contributed by atoms with Crippen LogP contribution in [0, 0.1) is 0 Å². The summed E-state index contributed by atoms with van der Waals surface area (Å²) in [6.07, 6.45) is 0. The van der Waals surface area contributed by atoms with E-state index in [9.17, 15) is 0 Å². The van der Waals surface area contributed by atoms with Gasteiger partial charge in [0.25, 0.3) is 0 Å². The number of hydrogen-bond donors (Lipinski definition) is 2. The van der Waals surface area contributed by atoms with Crippen LogP contribution in [0.2, 0.25) is 0 Å². The van der Waals surface area contributed by atoms with Gasteiger partial charge in [-0.1, -0.05) is 0 Å². The molecule has 0 aromatic heterocycles. The van der Waals surface area contributed by atoms with E-state index < -0.39 is 36.7 Å². The van der Waals surface area contributed by atoms with E-state index in [0.717, 1.165) is 0 Å². The van der Waals surface area contributed by atoms with Crippen LogP contribution in [0.3, 0.4) is 0 Å². The second-order valence-corrected chi connectivity index (χ2v) is 16.5. The summed E-state index contributed by atoms with van der Waals surface area (Å²) in [6.45, 7) is 29.8. The molecule has 3 heterocycles. The predicted molar refractivity (Wildman–Crippen MR) is 172 cm³/mol. The summed E-state index contributed by atoms with van der Waals surface area (Å²) in [6, 6.07) is 0. The Hall–Kier alpha value is 4.39. The van der Waals surface area contributed by atoms with Crippen molar-refractivity contribution in [2.24, 2.45) is 0 Å². The van der Waals surface area contributed by atoms with E-state index in [-0.39, 0.29) is 138 Å². The van der Waals surface area contributed by atoms with Crippen molar-refractivity contribution in [1.29, 1.82) is 0 Å². The second-order valence-electron chi connectivity index (χ2n) is 14.1. The third-order valence-electron chi connectivity index (χ3n) is 8.49. The van der Waals surface area contributed by atoms with Crippen molar-refractivity contribution in [3.8, 4) is 0 Å². The Bertz CT molecular complexity index is 750. The molecule has 8 nitrogen and oxygen atoms in total. The maximum Gasteiger partial charge on any atom is 1.00 e. The van der Waals surface area contributed by atoms with Crippen LogP contribution >= 0.6 is 45.8 Å². The molecule has 246 valence electrons. The van der Waals surface area contributed by atoms with Gasteiger partial charge in [0, 0.05) is 0 Å². The molecule has 0 amide bonds. The molecular weight excluding hydrogens is 706 g/mol. The van der Waals surface area contributed by atoms with Crippen LogP contribution in [0.1, 0.15) is 114 Å². The van der Waals surface area contributed by atoms with Gasteiger partial charge in [0.2, 0.25) is 0 Å². The third kappa shape index (κ3) is 17.3. The largest absolute Gasteiger partial charge is 1.00 e. The average Bonchev–Trinajstić information content (AvgIpc) is 3.07. The van der Waals surface area contributed by atoms with Crippen LogP contribution in [0.4, 0.5) is 0 Å². The van der Waals surface area contributed by atoms with Crippen molar-refractivity contribution in [1.82, 2.24) is 0 Å². The molecule has 3 rings (SSSR count). The maximum absolute atomic E-state index is 9.10. The van der Waals surface area contributed by atoms with Crippen molar-refractivity contribution in [2.45, 2.75) is 156 Å². The summed E-state index contributed by atoms with van der Waals surface area (Å²) in [5, 5.41) is 18.2. The van der Waals surface area contributed by atoms with Gasteiger partial charge in [-0.15, -0.1) is 11.5 Å². The molecule has 0 bridgehead atoms. The van der Waals surface area contributed by atoms with Crippen LogP contribution in [0.15, 0.2) is 0 Å². The van der Waals surface area contributed by atoms with E-state index in [1.165, 1.54) is 0 Å². The first kappa shape index (κ1) is 57.7. The zero-order valence-corrected chi connectivity index (χ0v) is 40.3. The molecule has 0 aromatic carbocycles. The molecule has 0 atom stereocenters. The fraction of sp³-hybridized carbons (Fsp3) is 1.00. The molecule has 3 fully saturated rings. The predicted octanol–water partition coefficient (Wildman–Crippen LogP) is -5.48. The van der Waals surface area contributed by atoms with Gasteiger partial charge in [-0.25, -0.2) is 0 Å². The van der Waals surface area contributed by atoms with E-state index in [1.807, 2.05) is 83.1 Å². The summed E-state index contributed by atoms with van der Waals surface area (Å²) in [5.41, 5.74) is -4.04. The Morgan fingerprint density at radius 2 is 0.636 bits per heavy atom. The minimum atomic E-state index is -1.01. The molecular formula is C24H52B4Cl5Na3O8. The van der Waals surface area contributed by atoms with Crippen LogP contribution in [0.25, 0.3) is 0 Å². The van der Waals surface area contributed by atoms with Gasteiger partial charge < -0.3 is 53.4 Å². The van der Waals surface area contributed by atoms with Gasteiger partial charge in [0.05, 0.1) is 44.8 Å². The summed E-state index contributed by atoms with van der Waals surface area (Å²) in [5.74, 6) is 0. The first-order valence-corrected chi connectivity index (χ1v) is 15.0. The van der Waals surface area contributed by atoms with E-state index in [2.05, 4.69) is 0 Å². The fourth-order valence-corrected chi connectivity index (χ4v) is 3.22. The first-order valence-electron chi connectivity index (χ1n) is 13.3.